The van der Waals surface area contributed by atoms with Crippen LogP contribution in [0, 0.1) is 11.3 Å². The van der Waals surface area contributed by atoms with Crippen LogP contribution in [0.3, 0.4) is 0 Å². The summed E-state index contributed by atoms with van der Waals surface area (Å²) < 4.78 is 0. The van der Waals surface area contributed by atoms with Crippen LogP contribution >= 0.6 is 0 Å². The van der Waals surface area contributed by atoms with Crippen LogP contribution in [0.5, 0.6) is 0 Å². The molecule has 2 heteroatoms. The third kappa shape index (κ3) is 3.23. The summed E-state index contributed by atoms with van der Waals surface area (Å²) in [5.41, 5.74) is 0.455. The molecule has 2 rings (SSSR count). The van der Waals surface area contributed by atoms with Gasteiger partial charge in [-0.3, -0.25) is 9.80 Å². The zero-order chi connectivity index (χ0) is 12.5. The highest BCUT2D eigenvalue weighted by Crippen LogP contribution is 2.29. The first kappa shape index (κ1) is 13.4. The van der Waals surface area contributed by atoms with E-state index >= 15 is 0 Å². The Balaban J connectivity index is 1.87. The van der Waals surface area contributed by atoms with Gasteiger partial charge in [-0.05, 0) is 30.7 Å². The average molecular weight is 238 g/mol. The number of rotatable bonds is 3. The maximum absolute atomic E-state index is 2.72. The van der Waals surface area contributed by atoms with Crippen molar-refractivity contribution in [2.24, 2.45) is 11.3 Å². The average Bonchev–Trinajstić information content (AvgIpc) is 2.28. The Morgan fingerprint density at radius 1 is 1.12 bits per heavy atom. The topological polar surface area (TPSA) is 6.48 Å². The molecule has 2 saturated heterocycles. The van der Waals surface area contributed by atoms with Crippen molar-refractivity contribution in [1.82, 2.24) is 9.80 Å². The molecule has 0 aliphatic carbocycles. The number of hydrogen-bond donors (Lipinski definition) is 0. The van der Waals surface area contributed by atoms with Gasteiger partial charge < -0.3 is 0 Å². The van der Waals surface area contributed by atoms with Gasteiger partial charge in [-0.2, -0.15) is 0 Å². The fourth-order valence-electron chi connectivity index (χ4n) is 3.12. The largest absolute Gasteiger partial charge is 0.300 e. The van der Waals surface area contributed by atoms with Crippen molar-refractivity contribution < 1.29 is 0 Å². The molecule has 2 aliphatic rings. The van der Waals surface area contributed by atoms with Gasteiger partial charge in [-0.1, -0.05) is 34.1 Å². The van der Waals surface area contributed by atoms with Crippen LogP contribution in [0.15, 0.2) is 0 Å². The predicted octanol–water partition coefficient (Wildman–Crippen LogP) is 2.84. The molecule has 2 heterocycles. The highest BCUT2D eigenvalue weighted by molar-refractivity contribution is 4.87. The van der Waals surface area contributed by atoms with Crippen LogP contribution in [0.2, 0.25) is 0 Å². The predicted molar refractivity (Wildman–Crippen MR) is 74.3 cm³/mol. The summed E-state index contributed by atoms with van der Waals surface area (Å²) in [5, 5.41) is 0. The summed E-state index contributed by atoms with van der Waals surface area (Å²) in [7, 11) is 0. The van der Waals surface area contributed by atoms with E-state index in [1.165, 1.54) is 52.0 Å². The molecule has 0 radical (unpaired) electrons. The third-order valence-electron chi connectivity index (χ3n) is 5.12. The smallest absolute Gasteiger partial charge is 0.0223 e. The Kier molecular flexibility index (Phi) is 4.14. The minimum Gasteiger partial charge on any atom is -0.300 e. The van der Waals surface area contributed by atoms with Gasteiger partial charge in [0.2, 0.25) is 0 Å². The second-order valence-corrected chi connectivity index (χ2v) is 7.06. The number of piperazine rings is 1. The van der Waals surface area contributed by atoms with Crippen molar-refractivity contribution in [3.8, 4) is 0 Å². The molecule has 2 nitrogen and oxygen atoms in total. The Bertz CT molecular complexity index is 247. The van der Waals surface area contributed by atoms with Gasteiger partial charge in [0.1, 0.15) is 0 Å². The van der Waals surface area contributed by atoms with E-state index in [1.54, 1.807) is 0 Å². The van der Waals surface area contributed by atoms with E-state index in [9.17, 15) is 0 Å². The second kappa shape index (κ2) is 5.27. The van der Waals surface area contributed by atoms with E-state index in [2.05, 4.69) is 37.5 Å². The summed E-state index contributed by atoms with van der Waals surface area (Å²) >= 11 is 0. The van der Waals surface area contributed by atoms with Crippen molar-refractivity contribution in [3.05, 3.63) is 0 Å². The monoisotopic (exact) mass is 238 g/mol. The zero-order valence-corrected chi connectivity index (χ0v) is 12.2. The first-order valence-corrected chi connectivity index (χ1v) is 7.45. The van der Waals surface area contributed by atoms with E-state index < -0.39 is 0 Å². The van der Waals surface area contributed by atoms with Crippen LogP contribution in [0.1, 0.15) is 47.0 Å². The number of fused-ring (bicyclic) bond motifs is 1. The number of nitrogens with zero attached hydrogens (tertiary/aromatic N) is 2. The van der Waals surface area contributed by atoms with E-state index in [0.29, 0.717) is 5.41 Å². The van der Waals surface area contributed by atoms with E-state index in [1.807, 2.05) is 0 Å². The Labute approximate surface area is 107 Å². The second-order valence-electron chi connectivity index (χ2n) is 7.06. The van der Waals surface area contributed by atoms with Crippen LogP contribution < -0.4 is 0 Å². The summed E-state index contributed by atoms with van der Waals surface area (Å²) in [6.45, 7) is 16.1. The lowest BCUT2D eigenvalue weighted by molar-refractivity contribution is 0.0232. The minimum atomic E-state index is 0.455. The lowest BCUT2D eigenvalue weighted by atomic mass is 9.80. The Hall–Kier alpha value is -0.0800. The Morgan fingerprint density at radius 3 is 2.59 bits per heavy atom. The van der Waals surface area contributed by atoms with Crippen LogP contribution in [0.25, 0.3) is 0 Å². The highest BCUT2D eigenvalue weighted by Gasteiger charge is 2.32. The van der Waals surface area contributed by atoms with Crippen molar-refractivity contribution in [2.45, 2.75) is 53.0 Å². The third-order valence-corrected chi connectivity index (χ3v) is 5.12. The first-order chi connectivity index (χ1) is 7.99. The van der Waals surface area contributed by atoms with Gasteiger partial charge in [-0.15, -0.1) is 0 Å². The molecule has 0 amide bonds. The van der Waals surface area contributed by atoms with Gasteiger partial charge >= 0.3 is 0 Å². The molecule has 0 N–H and O–H groups in total. The van der Waals surface area contributed by atoms with Crippen molar-refractivity contribution in [3.63, 3.8) is 0 Å². The SMILES string of the molecule is CC(C)C(C)(C)CN1CCN2CCCCC2C1. The van der Waals surface area contributed by atoms with Crippen molar-refractivity contribution in [1.29, 1.82) is 0 Å². The molecule has 2 fully saturated rings. The number of hydrogen-bond acceptors (Lipinski definition) is 2. The molecule has 17 heavy (non-hydrogen) atoms. The molecule has 0 saturated carbocycles. The molecule has 0 aromatic heterocycles. The fourth-order valence-corrected chi connectivity index (χ4v) is 3.12. The van der Waals surface area contributed by atoms with E-state index in [4.69, 9.17) is 0 Å². The maximum Gasteiger partial charge on any atom is 0.0223 e. The van der Waals surface area contributed by atoms with Crippen molar-refractivity contribution in [2.75, 3.05) is 32.7 Å². The molecule has 0 bridgehead atoms. The van der Waals surface area contributed by atoms with Crippen LogP contribution in [-0.2, 0) is 0 Å². The molecule has 1 atom stereocenters. The quantitative estimate of drug-likeness (QED) is 0.746. The normalized spacial score (nSPS) is 28.4. The lowest BCUT2D eigenvalue weighted by Crippen LogP contribution is -2.56. The van der Waals surface area contributed by atoms with Gasteiger partial charge in [0.25, 0.3) is 0 Å². The van der Waals surface area contributed by atoms with E-state index in [0.717, 1.165) is 12.0 Å². The molecular formula is C15H30N2. The molecule has 1 unspecified atom stereocenters. The van der Waals surface area contributed by atoms with Crippen LogP contribution in [0.4, 0.5) is 0 Å². The minimum absolute atomic E-state index is 0.455. The fraction of sp³-hybridized carbons (Fsp3) is 1.00. The number of piperidine rings is 1. The zero-order valence-electron chi connectivity index (χ0n) is 12.2. The Morgan fingerprint density at radius 2 is 1.88 bits per heavy atom. The highest BCUT2D eigenvalue weighted by atomic mass is 15.3. The molecule has 0 spiro atoms. The molecule has 100 valence electrons. The van der Waals surface area contributed by atoms with Gasteiger partial charge in [0.15, 0.2) is 0 Å². The molecule has 0 aromatic carbocycles. The lowest BCUT2D eigenvalue weighted by Gasteiger charge is -2.46. The molecule has 0 aromatic rings. The summed E-state index contributed by atoms with van der Waals surface area (Å²) in [4.78, 5) is 5.44. The first-order valence-electron chi connectivity index (χ1n) is 7.45. The maximum atomic E-state index is 2.72. The molecular weight excluding hydrogens is 208 g/mol. The van der Waals surface area contributed by atoms with Gasteiger partial charge in [0, 0.05) is 32.2 Å². The summed E-state index contributed by atoms with van der Waals surface area (Å²) in [6, 6.07) is 0.862. The standard InChI is InChI=1S/C15H30N2/c1-13(2)15(3,4)12-16-9-10-17-8-6-5-7-14(17)11-16/h13-14H,5-12H2,1-4H3. The van der Waals surface area contributed by atoms with Crippen molar-refractivity contribution >= 4 is 0 Å². The summed E-state index contributed by atoms with van der Waals surface area (Å²) in [5.74, 6) is 0.770. The van der Waals surface area contributed by atoms with Crippen LogP contribution in [-0.4, -0.2) is 48.6 Å². The summed E-state index contributed by atoms with van der Waals surface area (Å²) in [6.07, 6.45) is 4.30. The van der Waals surface area contributed by atoms with Gasteiger partial charge in [-0.25, -0.2) is 0 Å². The van der Waals surface area contributed by atoms with E-state index in [-0.39, 0.29) is 0 Å². The molecule has 2 aliphatic heterocycles. The van der Waals surface area contributed by atoms with Gasteiger partial charge in [0.05, 0.1) is 0 Å².